The monoisotopic (exact) mass is 463 g/mol. The van der Waals surface area contributed by atoms with Gasteiger partial charge in [0.2, 0.25) is 15.9 Å². The summed E-state index contributed by atoms with van der Waals surface area (Å²) in [5.74, 6) is -0.118. The smallest absolute Gasteiger partial charge is 0.238 e. The van der Waals surface area contributed by atoms with E-state index in [4.69, 9.17) is 0 Å². The van der Waals surface area contributed by atoms with Crippen molar-refractivity contribution in [3.05, 3.63) is 70.0 Å². The summed E-state index contributed by atoms with van der Waals surface area (Å²) in [5, 5.41) is 4.11. The van der Waals surface area contributed by atoms with Gasteiger partial charge < -0.3 is 5.32 Å². The first-order chi connectivity index (χ1) is 13.4. The van der Waals surface area contributed by atoms with Gasteiger partial charge in [0.15, 0.2) is 0 Å². The zero-order valence-electron chi connectivity index (χ0n) is 15.3. The Morgan fingerprint density at radius 3 is 2.32 bits per heavy atom. The largest absolute Gasteiger partial charge is 0.324 e. The third-order valence-electron chi connectivity index (χ3n) is 4.44. The molecule has 2 aromatic rings. The number of hydrogen-bond acceptors (Lipinski definition) is 4. The van der Waals surface area contributed by atoms with Crippen molar-refractivity contribution in [3.8, 4) is 0 Å². The van der Waals surface area contributed by atoms with Gasteiger partial charge in [-0.1, -0.05) is 42.5 Å². The lowest BCUT2D eigenvalue weighted by Crippen LogP contribution is -2.49. The molecule has 0 unspecified atom stereocenters. The van der Waals surface area contributed by atoms with Gasteiger partial charge in [-0.2, -0.15) is 4.31 Å². The molecule has 1 N–H and O–H groups in total. The fourth-order valence-corrected chi connectivity index (χ4v) is 4.47. The average Bonchev–Trinajstić information content (AvgIpc) is 2.69. The Morgan fingerprint density at radius 1 is 1.00 bits per heavy atom. The molecule has 3 rings (SSSR count). The van der Waals surface area contributed by atoms with Crippen LogP contribution in [-0.4, -0.2) is 56.3 Å². The Bertz CT molecular complexity index is 940. The molecule has 1 heterocycles. The highest BCUT2D eigenvalue weighted by Gasteiger charge is 2.26. The Labute approximate surface area is 174 Å². The highest BCUT2D eigenvalue weighted by atomic mass is 79.9. The van der Waals surface area contributed by atoms with E-state index < -0.39 is 10.0 Å². The predicted molar refractivity (Wildman–Crippen MR) is 115 cm³/mol. The Kier molecular flexibility index (Phi) is 7.01. The van der Waals surface area contributed by atoms with E-state index in [1.165, 1.54) is 9.71 Å². The molecule has 0 aromatic heterocycles. The molecular weight excluding hydrogens is 442 g/mol. The summed E-state index contributed by atoms with van der Waals surface area (Å²) in [4.78, 5) is 14.2. The van der Waals surface area contributed by atoms with Crippen LogP contribution < -0.4 is 5.32 Å². The Balaban J connectivity index is 1.50. The van der Waals surface area contributed by atoms with Crippen molar-refractivity contribution in [2.45, 2.75) is 0 Å². The van der Waals surface area contributed by atoms with E-state index in [-0.39, 0.29) is 12.5 Å². The van der Waals surface area contributed by atoms with Crippen molar-refractivity contribution in [2.24, 2.45) is 0 Å². The van der Waals surface area contributed by atoms with Crippen LogP contribution in [0.25, 0.3) is 6.08 Å². The molecule has 1 aliphatic heterocycles. The summed E-state index contributed by atoms with van der Waals surface area (Å²) >= 11 is 3.40. The van der Waals surface area contributed by atoms with E-state index in [2.05, 4.69) is 21.2 Å². The van der Waals surface area contributed by atoms with Gasteiger partial charge in [-0.3, -0.25) is 9.69 Å². The van der Waals surface area contributed by atoms with E-state index in [9.17, 15) is 13.2 Å². The van der Waals surface area contributed by atoms with Crippen LogP contribution in [0, 0.1) is 0 Å². The second-order valence-electron chi connectivity index (χ2n) is 6.46. The molecule has 148 valence electrons. The van der Waals surface area contributed by atoms with Gasteiger partial charge in [0.1, 0.15) is 0 Å². The normalized spacial score (nSPS) is 16.3. The first-order valence-electron chi connectivity index (χ1n) is 8.94. The van der Waals surface area contributed by atoms with Crippen LogP contribution in [0.15, 0.2) is 64.5 Å². The molecule has 1 fully saturated rings. The SMILES string of the molecule is O=C(CN1CCN(S(=O)(=O)/C=C/c2ccccc2)CC1)Nc1ccccc1Br. The van der Waals surface area contributed by atoms with Crippen LogP contribution in [0.2, 0.25) is 0 Å². The minimum absolute atomic E-state index is 0.118. The van der Waals surface area contributed by atoms with E-state index in [0.717, 1.165) is 15.7 Å². The number of sulfonamides is 1. The summed E-state index contributed by atoms with van der Waals surface area (Å²) in [6.45, 7) is 1.99. The number of amides is 1. The lowest BCUT2D eigenvalue weighted by molar-refractivity contribution is -0.117. The van der Waals surface area contributed by atoms with Crippen molar-refractivity contribution in [2.75, 3.05) is 38.0 Å². The van der Waals surface area contributed by atoms with Crippen LogP contribution >= 0.6 is 15.9 Å². The maximum Gasteiger partial charge on any atom is 0.238 e. The highest BCUT2D eigenvalue weighted by molar-refractivity contribution is 9.10. The van der Waals surface area contributed by atoms with Gasteiger partial charge in [0.25, 0.3) is 0 Å². The Morgan fingerprint density at radius 2 is 1.64 bits per heavy atom. The lowest BCUT2D eigenvalue weighted by atomic mass is 10.2. The number of para-hydroxylation sites is 1. The number of halogens is 1. The number of nitrogens with one attached hydrogen (secondary N) is 1. The second-order valence-corrected chi connectivity index (χ2v) is 9.13. The highest BCUT2D eigenvalue weighted by Crippen LogP contribution is 2.21. The van der Waals surface area contributed by atoms with E-state index in [0.29, 0.717) is 26.2 Å². The number of hydrogen-bond donors (Lipinski definition) is 1. The molecule has 28 heavy (non-hydrogen) atoms. The maximum atomic E-state index is 12.5. The Hall–Kier alpha value is -2.00. The number of carbonyl (C=O) groups excluding carboxylic acids is 1. The quantitative estimate of drug-likeness (QED) is 0.714. The molecule has 1 aliphatic rings. The van der Waals surface area contributed by atoms with Crippen molar-refractivity contribution in [1.29, 1.82) is 0 Å². The molecule has 1 amide bonds. The van der Waals surface area contributed by atoms with Crippen molar-refractivity contribution >= 4 is 43.6 Å². The van der Waals surface area contributed by atoms with Crippen LogP contribution in [-0.2, 0) is 14.8 Å². The fraction of sp³-hybridized carbons (Fsp3) is 0.250. The molecule has 0 bridgehead atoms. The molecule has 0 radical (unpaired) electrons. The van der Waals surface area contributed by atoms with Gasteiger partial charge in [-0.15, -0.1) is 0 Å². The van der Waals surface area contributed by atoms with Crippen molar-refractivity contribution in [1.82, 2.24) is 9.21 Å². The van der Waals surface area contributed by atoms with Crippen LogP contribution in [0.4, 0.5) is 5.69 Å². The predicted octanol–water partition coefficient (Wildman–Crippen LogP) is 3.01. The summed E-state index contributed by atoms with van der Waals surface area (Å²) in [7, 11) is -3.47. The lowest BCUT2D eigenvalue weighted by Gasteiger charge is -2.32. The van der Waals surface area contributed by atoms with E-state index >= 15 is 0 Å². The molecule has 0 aliphatic carbocycles. The standard InChI is InChI=1S/C20H22BrN3O3S/c21-18-8-4-5-9-19(18)22-20(25)16-23-11-13-24(14-12-23)28(26,27)15-10-17-6-2-1-3-7-17/h1-10,15H,11-14,16H2,(H,22,25)/b15-10+. The summed E-state index contributed by atoms with van der Waals surface area (Å²) in [6, 6.07) is 16.7. The third kappa shape index (κ3) is 5.75. The van der Waals surface area contributed by atoms with Crippen LogP contribution in [0.5, 0.6) is 0 Å². The summed E-state index contributed by atoms with van der Waals surface area (Å²) in [6.07, 6.45) is 1.60. The maximum absolute atomic E-state index is 12.5. The molecule has 0 spiro atoms. The van der Waals surface area contributed by atoms with E-state index in [1.807, 2.05) is 59.5 Å². The van der Waals surface area contributed by atoms with Gasteiger partial charge in [0, 0.05) is 36.1 Å². The number of anilines is 1. The van der Waals surface area contributed by atoms with E-state index in [1.54, 1.807) is 6.08 Å². The van der Waals surface area contributed by atoms with Gasteiger partial charge in [-0.25, -0.2) is 8.42 Å². The minimum atomic E-state index is -3.47. The minimum Gasteiger partial charge on any atom is -0.324 e. The second kappa shape index (κ2) is 9.47. The molecular formula is C20H22BrN3O3S. The summed E-state index contributed by atoms with van der Waals surface area (Å²) in [5.41, 5.74) is 1.56. The van der Waals surface area contributed by atoms with Gasteiger partial charge in [0.05, 0.1) is 12.2 Å². The van der Waals surface area contributed by atoms with Crippen LogP contribution in [0.3, 0.4) is 0 Å². The number of rotatable bonds is 6. The van der Waals surface area contributed by atoms with Gasteiger partial charge in [-0.05, 0) is 39.7 Å². The number of carbonyl (C=O) groups is 1. The van der Waals surface area contributed by atoms with Crippen LogP contribution in [0.1, 0.15) is 5.56 Å². The first-order valence-corrected chi connectivity index (χ1v) is 11.2. The molecule has 0 atom stereocenters. The average molecular weight is 464 g/mol. The molecule has 6 nitrogen and oxygen atoms in total. The van der Waals surface area contributed by atoms with Gasteiger partial charge >= 0.3 is 0 Å². The molecule has 8 heteroatoms. The number of piperazine rings is 1. The summed E-state index contributed by atoms with van der Waals surface area (Å²) < 4.78 is 27.3. The first kappa shape index (κ1) is 20.7. The van der Waals surface area contributed by atoms with Crippen molar-refractivity contribution in [3.63, 3.8) is 0 Å². The topological polar surface area (TPSA) is 69.7 Å². The zero-order valence-corrected chi connectivity index (χ0v) is 17.7. The third-order valence-corrected chi connectivity index (χ3v) is 6.69. The zero-order chi connectivity index (χ0) is 20.0. The van der Waals surface area contributed by atoms with Crippen molar-refractivity contribution < 1.29 is 13.2 Å². The number of nitrogens with zero attached hydrogens (tertiary/aromatic N) is 2. The molecule has 0 saturated carbocycles. The fourth-order valence-electron chi connectivity index (χ4n) is 2.91. The molecule has 1 saturated heterocycles. The number of benzene rings is 2. The molecule has 2 aromatic carbocycles.